The predicted octanol–water partition coefficient (Wildman–Crippen LogP) is 7.92. The second kappa shape index (κ2) is 18.3. The van der Waals surface area contributed by atoms with Gasteiger partial charge in [-0.1, -0.05) is 63.4 Å². The zero-order valence-electron chi connectivity index (χ0n) is 24.8. The maximum absolute atomic E-state index is 13.4. The quantitative estimate of drug-likeness (QED) is 0.0970. The molecule has 0 unspecified atom stereocenters. The highest BCUT2D eigenvalue weighted by atomic mass is 79.9. The molecular weight excluding hydrogens is 873 g/mol. The highest BCUT2D eigenvalue weighted by molar-refractivity contribution is 9.11. The molecule has 3 heterocycles. The normalized spacial score (nSPS) is 10.4. The van der Waals surface area contributed by atoms with E-state index in [2.05, 4.69) is 72.5 Å². The fourth-order valence-corrected chi connectivity index (χ4v) is 5.07. The zero-order valence-corrected chi connectivity index (χ0v) is 31.1. The largest absolute Gasteiger partial charge is 0.461 e. The third kappa shape index (κ3) is 10.2. The van der Waals surface area contributed by atoms with Crippen LogP contribution in [0.3, 0.4) is 0 Å². The van der Waals surface area contributed by atoms with Gasteiger partial charge in [-0.2, -0.15) is 0 Å². The number of esters is 2. The molecule has 0 saturated carbocycles. The number of Topliss-reactive ketones (excluding diaryl/α,β-unsaturated/α-hetero) is 1. The number of fused-ring (bicyclic) bond motifs is 1. The molecule has 18 heteroatoms. The lowest BCUT2D eigenvalue weighted by molar-refractivity contribution is -0.152. The zero-order chi connectivity index (χ0) is 35.5. The SMILES string of the molecule is CCOC(=O)C(=O)CBr.CCOC(=O)c1cn2c(Cl)c(-c3cccc(F)c3)nc(Br)c2n1.Nc1nc(Cl)c(-c2cccc(F)c2)nc1Br. The number of benzene rings is 2. The van der Waals surface area contributed by atoms with Gasteiger partial charge < -0.3 is 15.2 Å². The molecule has 2 aromatic carbocycles. The number of hydrogen-bond acceptors (Lipinski definition) is 10. The van der Waals surface area contributed by atoms with Gasteiger partial charge in [-0.05, 0) is 70.0 Å². The number of halogens is 7. The van der Waals surface area contributed by atoms with E-state index in [0.717, 1.165) is 0 Å². The van der Waals surface area contributed by atoms with E-state index in [1.807, 2.05) is 0 Å². The maximum atomic E-state index is 13.4. The van der Waals surface area contributed by atoms with Crippen molar-refractivity contribution >= 4 is 100 Å². The number of ether oxygens (including phenoxy) is 2. The molecule has 0 aliphatic heterocycles. The molecule has 5 aromatic rings. The van der Waals surface area contributed by atoms with Crippen molar-refractivity contribution in [3.63, 3.8) is 0 Å². The van der Waals surface area contributed by atoms with Gasteiger partial charge in [0.2, 0.25) is 5.78 Å². The van der Waals surface area contributed by atoms with Gasteiger partial charge in [0, 0.05) is 17.3 Å². The Hall–Kier alpha value is -3.57. The summed E-state index contributed by atoms with van der Waals surface area (Å²) >= 11 is 21.5. The van der Waals surface area contributed by atoms with Crippen molar-refractivity contribution in [3.05, 3.63) is 91.6 Å². The molecule has 0 radical (unpaired) electrons. The number of carbonyl (C=O) groups is 3. The van der Waals surface area contributed by atoms with Gasteiger partial charge in [0.1, 0.15) is 37.4 Å². The summed E-state index contributed by atoms with van der Waals surface area (Å²) in [5, 5.41) is 0.398. The average molecular weight is 896 g/mol. The molecule has 0 atom stereocenters. The fraction of sp³-hybridized carbons (Fsp3) is 0.167. The molecule has 11 nitrogen and oxygen atoms in total. The number of rotatable bonds is 7. The number of hydrogen-bond donors (Lipinski definition) is 1. The van der Waals surface area contributed by atoms with Crippen molar-refractivity contribution in [2.75, 3.05) is 24.3 Å². The number of alkyl halides is 1. The molecular formula is C30H23Br3Cl2F2N6O5. The predicted molar refractivity (Wildman–Crippen MR) is 187 cm³/mol. The van der Waals surface area contributed by atoms with E-state index >= 15 is 0 Å². The van der Waals surface area contributed by atoms with Crippen LogP contribution >= 0.6 is 71.0 Å². The minimum absolute atomic E-state index is 0.0336. The minimum atomic E-state index is -0.769. The van der Waals surface area contributed by atoms with Crippen LogP contribution in [0.25, 0.3) is 28.2 Å². The summed E-state index contributed by atoms with van der Waals surface area (Å²) in [6.07, 6.45) is 1.46. The van der Waals surface area contributed by atoms with Crippen molar-refractivity contribution in [2.45, 2.75) is 13.8 Å². The van der Waals surface area contributed by atoms with Crippen molar-refractivity contribution in [3.8, 4) is 22.5 Å². The van der Waals surface area contributed by atoms with Gasteiger partial charge in [0.25, 0.3) is 0 Å². The van der Waals surface area contributed by atoms with E-state index in [0.29, 0.717) is 37.4 Å². The van der Waals surface area contributed by atoms with E-state index in [-0.39, 0.29) is 46.2 Å². The van der Waals surface area contributed by atoms with Crippen LogP contribution in [0.4, 0.5) is 14.6 Å². The molecule has 0 bridgehead atoms. The number of aromatic nitrogens is 5. The summed E-state index contributed by atoms with van der Waals surface area (Å²) in [5.41, 5.74) is 7.85. The summed E-state index contributed by atoms with van der Waals surface area (Å²) in [4.78, 5) is 49.0. The standard InChI is InChI=1S/C15H10BrClFN3O2.C10H6BrClFN3.C5H7BrO3/c1-2-23-15(22)10-7-21-13(17)11(20-12(16)14(21)19-10)8-4-3-5-9(18)6-8;11-8-10(14)16-9(12)7(15-8)5-2-1-3-6(13)4-5;1-2-9-5(8)4(7)3-6/h3-7H,2H2,1H3;1-4H,(H2,14,16);2-3H2,1H3. The van der Waals surface area contributed by atoms with Crippen molar-refractivity contribution < 1.29 is 32.6 Å². The number of nitrogen functional groups attached to an aromatic ring is 1. The number of imidazole rings is 1. The van der Waals surface area contributed by atoms with Crippen LogP contribution in [-0.2, 0) is 19.1 Å². The summed E-state index contributed by atoms with van der Waals surface area (Å²) in [7, 11) is 0. The highest BCUT2D eigenvalue weighted by Gasteiger charge is 2.19. The lowest BCUT2D eigenvalue weighted by atomic mass is 10.1. The molecule has 0 aliphatic carbocycles. The minimum Gasteiger partial charge on any atom is -0.461 e. The summed E-state index contributed by atoms with van der Waals surface area (Å²) in [6, 6.07) is 11.9. The number of nitrogens with zero attached hydrogens (tertiary/aromatic N) is 5. The van der Waals surface area contributed by atoms with Crippen molar-refractivity contribution in [1.29, 1.82) is 0 Å². The first-order chi connectivity index (χ1) is 22.8. The Labute approximate surface area is 307 Å². The Balaban J connectivity index is 0.000000217. The molecule has 48 heavy (non-hydrogen) atoms. The first-order valence-corrected chi connectivity index (χ1v) is 16.9. The van der Waals surface area contributed by atoms with Crippen LogP contribution in [0, 0.1) is 11.6 Å². The van der Waals surface area contributed by atoms with Gasteiger partial charge in [0.15, 0.2) is 22.3 Å². The van der Waals surface area contributed by atoms with Crippen LogP contribution in [0.5, 0.6) is 0 Å². The first kappa shape index (κ1) is 38.9. The Morgan fingerprint density at radius 1 is 0.854 bits per heavy atom. The van der Waals surface area contributed by atoms with Crippen LogP contribution < -0.4 is 5.73 Å². The second-order valence-electron chi connectivity index (χ2n) is 8.92. The lowest BCUT2D eigenvalue weighted by Gasteiger charge is -2.07. The van der Waals surface area contributed by atoms with E-state index in [4.69, 9.17) is 33.7 Å². The topological polar surface area (TPSA) is 152 Å². The highest BCUT2D eigenvalue weighted by Crippen LogP contribution is 2.31. The van der Waals surface area contributed by atoms with Gasteiger partial charge in [0.05, 0.1) is 18.5 Å². The van der Waals surface area contributed by atoms with Gasteiger partial charge in [-0.15, -0.1) is 0 Å². The number of carbonyl (C=O) groups excluding carboxylic acids is 3. The fourth-order valence-electron chi connectivity index (χ4n) is 3.60. The van der Waals surface area contributed by atoms with Crippen molar-refractivity contribution in [1.82, 2.24) is 24.3 Å². The summed E-state index contributed by atoms with van der Waals surface area (Å²) in [5.74, 6) is -2.42. The van der Waals surface area contributed by atoms with Crippen LogP contribution in [-0.4, -0.2) is 60.6 Å². The van der Waals surface area contributed by atoms with Gasteiger partial charge >= 0.3 is 11.9 Å². The Bertz CT molecular complexity index is 1970. The Kier molecular flexibility index (Phi) is 14.8. The third-order valence-electron chi connectivity index (χ3n) is 5.65. The van der Waals surface area contributed by atoms with Crippen LogP contribution in [0.2, 0.25) is 10.3 Å². The maximum Gasteiger partial charge on any atom is 0.375 e. The molecule has 0 fully saturated rings. The smallest absolute Gasteiger partial charge is 0.375 e. The van der Waals surface area contributed by atoms with Gasteiger partial charge in [-0.25, -0.2) is 38.3 Å². The third-order valence-corrected chi connectivity index (χ3v) is 7.90. The van der Waals surface area contributed by atoms with E-state index in [1.165, 1.54) is 34.9 Å². The van der Waals surface area contributed by atoms with Gasteiger partial charge in [-0.3, -0.25) is 9.20 Å². The number of anilines is 1. The van der Waals surface area contributed by atoms with E-state index in [1.54, 1.807) is 38.1 Å². The van der Waals surface area contributed by atoms with Crippen molar-refractivity contribution in [2.24, 2.45) is 0 Å². The number of ketones is 1. The van der Waals surface area contributed by atoms with Crippen LogP contribution in [0.15, 0.2) is 63.9 Å². The van der Waals surface area contributed by atoms with E-state index < -0.39 is 23.5 Å². The molecule has 0 saturated heterocycles. The molecule has 0 spiro atoms. The average Bonchev–Trinajstić information content (AvgIpc) is 3.52. The Morgan fingerprint density at radius 2 is 1.42 bits per heavy atom. The second-order valence-corrected chi connectivity index (χ2v) is 11.7. The molecule has 5 rings (SSSR count). The molecule has 0 amide bonds. The Morgan fingerprint density at radius 3 is 1.96 bits per heavy atom. The molecule has 3 aromatic heterocycles. The van der Waals surface area contributed by atoms with Crippen LogP contribution in [0.1, 0.15) is 24.3 Å². The summed E-state index contributed by atoms with van der Waals surface area (Å²) in [6.45, 7) is 3.85. The molecule has 252 valence electrons. The number of nitrogens with two attached hydrogens (primary N) is 1. The lowest BCUT2D eigenvalue weighted by Crippen LogP contribution is -2.17. The monoisotopic (exact) mass is 892 g/mol. The molecule has 0 aliphatic rings. The molecule has 2 N–H and O–H groups in total. The first-order valence-electron chi connectivity index (χ1n) is 13.5. The summed E-state index contributed by atoms with van der Waals surface area (Å²) < 4.78 is 38.0. The van der Waals surface area contributed by atoms with E-state index in [9.17, 15) is 23.2 Å².